The summed E-state index contributed by atoms with van der Waals surface area (Å²) in [5, 5.41) is 4.13. The lowest BCUT2D eigenvalue weighted by atomic mass is 10.1. The first-order valence-corrected chi connectivity index (χ1v) is 9.29. The van der Waals surface area contributed by atoms with Crippen molar-refractivity contribution in [2.75, 3.05) is 31.1 Å². The molecule has 0 atom stereocenters. The molecular formula is C19H20N6O2. The highest BCUT2D eigenvalue weighted by Gasteiger charge is 2.25. The molecule has 2 aliphatic rings. The molecule has 0 N–H and O–H groups in total. The molecule has 1 fully saturated rings. The minimum atomic E-state index is 0.0376. The molecule has 0 radical (unpaired) electrons. The zero-order valence-corrected chi connectivity index (χ0v) is 14.9. The Hall–Kier alpha value is -3.16. The lowest BCUT2D eigenvalue weighted by Gasteiger charge is -2.31. The molecule has 3 aromatic heterocycles. The lowest BCUT2D eigenvalue weighted by Crippen LogP contribution is -2.36. The van der Waals surface area contributed by atoms with Gasteiger partial charge in [0.25, 0.3) is 5.91 Å². The molecule has 8 heteroatoms. The Morgan fingerprint density at radius 3 is 2.85 bits per heavy atom. The number of aromatic nitrogens is 4. The van der Waals surface area contributed by atoms with E-state index in [1.165, 1.54) is 12.7 Å². The third-order valence-electron chi connectivity index (χ3n) is 5.13. The summed E-state index contributed by atoms with van der Waals surface area (Å²) in [6.45, 7) is 2.86. The van der Waals surface area contributed by atoms with Crippen LogP contribution in [0.5, 0.6) is 5.75 Å². The molecule has 138 valence electrons. The number of fused-ring (bicyclic) bond motifs is 2. The number of carbonyl (C=O) groups excluding carboxylic acids is 1. The van der Waals surface area contributed by atoms with Crippen LogP contribution < -0.4 is 9.64 Å². The maximum absolute atomic E-state index is 12.8. The Kier molecular flexibility index (Phi) is 3.88. The number of hydrogen-bond acceptors (Lipinski definition) is 6. The normalized spacial score (nSPS) is 16.9. The van der Waals surface area contributed by atoms with E-state index in [0.717, 1.165) is 43.1 Å². The summed E-state index contributed by atoms with van der Waals surface area (Å²) in [4.78, 5) is 25.6. The summed E-state index contributed by atoms with van der Waals surface area (Å²) in [6.07, 6.45) is 8.40. The standard InChI is InChI=1S/C19H20N6O2/c26-19(23-5-2-1-3-6-23)14-10-16-18(20-12-14)24(8-9-27-16)15-4-7-25-17(11-15)21-13-22-25/h4,7,10-13H,1-3,5-6,8-9H2. The van der Waals surface area contributed by atoms with Gasteiger partial charge < -0.3 is 14.5 Å². The fourth-order valence-corrected chi connectivity index (χ4v) is 3.72. The lowest BCUT2D eigenvalue weighted by molar-refractivity contribution is 0.0723. The molecule has 2 aliphatic heterocycles. The molecule has 0 aromatic carbocycles. The van der Waals surface area contributed by atoms with Crippen LogP contribution in [0.2, 0.25) is 0 Å². The topological polar surface area (TPSA) is 75.9 Å². The second kappa shape index (κ2) is 6.53. The number of piperidine rings is 1. The average Bonchev–Trinajstić information content (AvgIpc) is 3.21. The largest absolute Gasteiger partial charge is 0.488 e. The summed E-state index contributed by atoms with van der Waals surface area (Å²) in [7, 11) is 0. The number of ether oxygens (including phenoxy) is 1. The Balaban J connectivity index is 1.46. The van der Waals surface area contributed by atoms with Crippen molar-refractivity contribution in [1.82, 2.24) is 24.5 Å². The van der Waals surface area contributed by atoms with Gasteiger partial charge in [-0.3, -0.25) is 4.79 Å². The highest BCUT2D eigenvalue weighted by atomic mass is 16.5. The van der Waals surface area contributed by atoms with Gasteiger partial charge in [-0.1, -0.05) is 0 Å². The molecule has 0 spiro atoms. The zero-order chi connectivity index (χ0) is 18.2. The van der Waals surface area contributed by atoms with Crippen LogP contribution in [-0.2, 0) is 0 Å². The predicted molar refractivity (Wildman–Crippen MR) is 99.5 cm³/mol. The van der Waals surface area contributed by atoms with Crippen LogP contribution in [0, 0.1) is 0 Å². The molecule has 27 heavy (non-hydrogen) atoms. The first-order valence-electron chi connectivity index (χ1n) is 9.29. The van der Waals surface area contributed by atoms with Crippen molar-refractivity contribution in [3.63, 3.8) is 0 Å². The summed E-state index contributed by atoms with van der Waals surface area (Å²) in [5.74, 6) is 1.40. The van der Waals surface area contributed by atoms with E-state index in [-0.39, 0.29) is 5.91 Å². The Bertz CT molecular complexity index is 995. The van der Waals surface area contributed by atoms with Gasteiger partial charge in [0.15, 0.2) is 17.2 Å². The highest BCUT2D eigenvalue weighted by Crippen LogP contribution is 2.35. The maximum atomic E-state index is 12.8. The van der Waals surface area contributed by atoms with Gasteiger partial charge >= 0.3 is 0 Å². The van der Waals surface area contributed by atoms with E-state index in [4.69, 9.17) is 4.74 Å². The van der Waals surface area contributed by atoms with Gasteiger partial charge in [-0.15, -0.1) is 0 Å². The van der Waals surface area contributed by atoms with Crippen LogP contribution in [0.4, 0.5) is 11.5 Å². The monoisotopic (exact) mass is 364 g/mol. The van der Waals surface area contributed by atoms with E-state index in [0.29, 0.717) is 24.5 Å². The van der Waals surface area contributed by atoms with Crippen molar-refractivity contribution in [3.05, 3.63) is 42.5 Å². The number of carbonyl (C=O) groups is 1. The fourth-order valence-electron chi connectivity index (χ4n) is 3.72. The molecule has 5 rings (SSSR count). The second-order valence-corrected chi connectivity index (χ2v) is 6.85. The second-order valence-electron chi connectivity index (χ2n) is 6.85. The minimum Gasteiger partial charge on any atom is -0.488 e. The van der Waals surface area contributed by atoms with Crippen LogP contribution in [-0.4, -0.2) is 56.6 Å². The van der Waals surface area contributed by atoms with Gasteiger partial charge in [0, 0.05) is 37.2 Å². The third-order valence-corrected chi connectivity index (χ3v) is 5.13. The summed E-state index contributed by atoms with van der Waals surface area (Å²) in [6, 6.07) is 5.77. The van der Waals surface area contributed by atoms with Crippen LogP contribution >= 0.6 is 0 Å². The maximum Gasteiger partial charge on any atom is 0.255 e. The minimum absolute atomic E-state index is 0.0376. The van der Waals surface area contributed by atoms with E-state index in [9.17, 15) is 4.79 Å². The fraction of sp³-hybridized carbons (Fsp3) is 0.368. The molecule has 0 unspecified atom stereocenters. The molecule has 0 aliphatic carbocycles. The number of anilines is 2. The molecule has 8 nitrogen and oxygen atoms in total. The highest BCUT2D eigenvalue weighted by molar-refractivity contribution is 5.95. The Morgan fingerprint density at radius 2 is 1.96 bits per heavy atom. The van der Waals surface area contributed by atoms with Gasteiger partial charge in [0.1, 0.15) is 12.9 Å². The molecule has 3 aromatic rings. The number of likely N-dealkylation sites (tertiary alicyclic amines) is 1. The average molecular weight is 364 g/mol. The van der Waals surface area contributed by atoms with Gasteiger partial charge in [-0.25, -0.2) is 14.5 Å². The SMILES string of the molecule is O=C(c1cnc2c(c1)OCCN2c1ccn2ncnc2c1)N1CCCCC1. The number of rotatable bonds is 2. The quantitative estimate of drug-likeness (QED) is 0.694. The first-order chi connectivity index (χ1) is 13.3. The third kappa shape index (κ3) is 2.87. The zero-order valence-electron chi connectivity index (χ0n) is 14.9. The molecule has 0 saturated carbocycles. The van der Waals surface area contributed by atoms with E-state index >= 15 is 0 Å². The van der Waals surface area contributed by atoms with Crippen molar-refractivity contribution in [2.45, 2.75) is 19.3 Å². The number of nitrogens with zero attached hydrogens (tertiary/aromatic N) is 6. The van der Waals surface area contributed by atoms with Gasteiger partial charge in [-0.2, -0.15) is 5.10 Å². The number of amides is 1. The first kappa shape index (κ1) is 16.0. The number of pyridine rings is 2. The molecule has 1 amide bonds. The molecule has 5 heterocycles. The molecular weight excluding hydrogens is 344 g/mol. The van der Waals surface area contributed by atoms with Crippen molar-refractivity contribution < 1.29 is 9.53 Å². The van der Waals surface area contributed by atoms with Crippen molar-refractivity contribution in [2.24, 2.45) is 0 Å². The number of hydrogen-bond donors (Lipinski definition) is 0. The smallest absolute Gasteiger partial charge is 0.255 e. The summed E-state index contributed by atoms with van der Waals surface area (Å²) in [5.41, 5.74) is 2.34. The van der Waals surface area contributed by atoms with Crippen molar-refractivity contribution in [3.8, 4) is 5.75 Å². The van der Waals surface area contributed by atoms with E-state index < -0.39 is 0 Å². The molecule has 0 bridgehead atoms. The van der Waals surface area contributed by atoms with Crippen LogP contribution in [0.1, 0.15) is 29.6 Å². The summed E-state index contributed by atoms with van der Waals surface area (Å²) >= 11 is 0. The van der Waals surface area contributed by atoms with Gasteiger partial charge in [0.05, 0.1) is 12.1 Å². The van der Waals surface area contributed by atoms with E-state index in [1.54, 1.807) is 10.7 Å². The Morgan fingerprint density at radius 1 is 1.07 bits per heavy atom. The van der Waals surface area contributed by atoms with Crippen molar-refractivity contribution in [1.29, 1.82) is 0 Å². The molecule has 1 saturated heterocycles. The van der Waals surface area contributed by atoms with Crippen LogP contribution in [0.25, 0.3) is 5.65 Å². The summed E-state index contributed by atoms with van der Waals surface area (Å²) < 4.78 is 7.54. The Labute approximate surface area is 156 Å². The van der Waals surface area contributed by atoms with Crippen molar-refractivity contribution >= 4 is 23.1 Å². The van der Waals surface area contributed by atoms with Gasteiger partial charge in [0.2, 0.25) is 0 Å². The van der Waals surface area contributed by atoms with E-state index in [1.807, 2.05) is 29.3 Å². The predicted octanol–water partition coefficient (Wildman–Crippen LogP) is 2.28. The van der Waals surface area contributed by atoms with Crippen LogP contribution in [0.15, 0.2) is 36.9 Å². The van der Waals surface area contributed by atoms with Crippen LogP contribution in [0.3, 0.4) is 0 Å². The van der Waals surface area contributed by atoms with Gasteiger partial charge in [-0.05, 0) is 31.4 Å². The van der Waals surface area contributed by atoms with E-state index in [2.05, 4.69) is 20.0 Å².